The Kier molecular flexibility index (Phi) is 4.58. The average molecular weight is 371 g/mol. The Morgan fingerprint density at radius 2 is 1.92 bits per heavy atom. The molecule has 136 valence electrons. The number of anilines is 1. The fourth-order valence-corrected chi connectivity index (χ4v) is 4.31. The largest absolute Gasteiger partial charge is 0.389 e. The van der Waals surface area contributed by atoms with E-state index in [1.54, 1.807) is 18.0 Å². The second kappa shape index (κ2) is 6.88. The second-order valence-corrected chi connectivity index (χ2v) is 7.68. The maximum absolute atomic E-state index is 10.6. The van der Waals surface area contributed by atoms with Crippen LogP contribution >= 0.6 is 11.8 Å². The smallest absolute Gasteiger partial charge is 0.151 e. The molecule has 1 aliphatic rings. The standard InChI is InChI=1S/C18H21N5O2S/c1-9-2-4-10(5-3-9)26-7-12-16(24)17(25)14(23-12)11-6-20-15-13(11)21-8-22-18(15)19/h2-6,8,12,14,16-17,20,23-25H,7H2,1H3,(H2,19,21,22)/t12-,14+,16-,17+/m1/s1. The van der Waals surface area contributed by atoms with Crippen molar-refractivity contribution in [2.45, 2.75) is 36.1 Å². The summed E-state index contributed by atoms with van der Waals surface area (Å²) in [4.78, 5) is 12.4. The average Bonchev–Trinajstić information content (AvgIpc) is 3.18. The Hall–Kier alpha value is -2.13. The molecule has 4 rings (SSSR count). The van der Waals surface area contributed by atoms with E-state index >= 15 is 0 Å². The highest BCUT2D eigenvalue weighted by Crippen LogP contribution is 2.34. The van der Waals surface area contributed by atoms with Gasteiger partial charge >= 0.3 is 0 Å². The zero-order valence-corrected chi connectivity index (χ0v) is 15.1. The van der Waals surface area contributed by atoms with Crippen molar-refractivity contribution in [2.24, 2.45) is 0 Å². The number of hydrogen-bond acceptors (Lipinski definition) is 7. The normalized spacial score (nSPS) is 25.8. The van der Waals surface area contributed by atoms with Gasteiger partial charge in [0.15, 0.2) is 5.82 Å². The minimum atomic E-state index is -0.922. The van der Waals surface area contributed by atoms with Crippen LogP contribution in [0.5, 0.6) is 0 Å². The summed E-state index contributed by atoms with van der Waals surface area (Å²) in [7, 11) is 0. The van der Waals surface area contributed by atoms with Gasteiger partial charge in [-0.05, 0) is 19.1 Å². The van der Waals surface area contributed by atoms with Crippen molar-refractivity contribution < 1.29 is 10.2 Å². The molecule has 0 aliphatic carbocycles. The third-order valence-corrected chi connectivity index (χ3v) is 5.94. The number of rotatable bonds is 4. The molecule has 0 amide bonds. The first-order chi connectivity index (χ1) is 12.5. The Labute approximate surface area is 155 Å². The van der Waals surface area contributed by atoms with Crippen LogP contribution in [0.25, 0.3) is 11.0 Å². The van der Waals surface area contributed by atoms with E-state index in [2.05, 4.69) is 51.5 Å². The van der Waals surface area contributed by atoms with E-state index in [0.29, 0.717) is 22.6 Å². The number of aliphatic hydroxyl groups is 2. The first-order valence-corrected chi connectivity index (χ1v) is 9.42. The summed E-state index contributed by atoms with van der Waals surface area (Å²) in [6.07, 6.45) is 1.38. The molecular formula is C18H21N5O2S. The molecule has 0 bridgehead atoms. The van der Waals surface area contributed by atoms with Crippen LogP contribution in [-0.2, 0) is 0 Å². The summed E-state index contributed by atoms with van der Waals surface area (Å²) in [5, 5.41) is 24.4. The minimum absolute atomic E-state index is 0.231. The van der Waals surface area contributed by atoms with Gasteiger partial charge in [-0.2, -0.15) is 0 Å². The van der Waals surface area contributed by atoms with Gasteiger partial charge in [0, 0.05) is 28.5 Å². The molecule has 0 spiro atoms. The summed E-state index contributed by atoms with van der Waals surface area (Å²) in [5.41, 5.74) is 9.16. The van der Waals surface area contributed by atoms with E-state index in [9.17, 15) is 10.2 Å². The zero-order valence-electron chi connectivity index (χ0n) is 14.3. The van der Waals surface area contributed by atoms with Crippen molar-refractivity contribution in [1.82, 2.24) is 20.3 Å². The number of nitrogens with two attached hydrogens (primary N) is 1. The van der Waals surface area contributed by atoms with E-state index in [1.165, 1.54) is 11.9 Å². The van der Waals surface area contributed by atoms with Crippen LogP contribution in [0.4, 0.5) is 5.82 Å². The number of thioether (sulfide) groups is 1. The number of fused-ring (bicyclic) bond motifs is 1. The summed E-state index contributed by atoms with van der Waals surface area (Å²) < 4.78 is 0. The first-order valence-electron chi connectivity index (χ1n) is 8.43. The van der Waals surface area contributed by atoms with Crippen LogP contribution in [0.2, 0.25) is 0 Å². The van der Waals surface area contributed by atoms with Gasteiger partial charge in [-0.15, -0.1) is 11.8 Å². The van der Waals surface area contributed by atoms with Crippen LogP contribution < -0.4 is 11.1 Å². The zero-order chi connectivity index (χ0) is 18.3. The highest BCUT2D eigenvalue weighted by Gasteiger charge is 2.42. The van der Waals surface area contributed by atoms with Crippen molar-refractivity contribution in [3.8, 4) is 0 Å². The molecule has 6 N–H and O–H groups in total. The third-order valence-electron chi connectivity index (χ3n) is 4.80. The van der Waals surface area contributed by atoms with Gasteiger partial charge in [0.1, 0.15) is 17.9 Å². The highest BCUT2D eigenvalue weighted by molar-refractivity contribution is 7.99. The predicted octanol–water partition coefficient (Wildman–Crippen LogP) is 1.38. The molecule has 0 unspecified atom stereocenters. The Morgan fingerprint density at radius 3 is 2.69 bits per heavy atom. The monoisotopic (exact) mass is 371 g/mol. The number of benzene rings is 1. The topological polar surface area (TPSA) is 120 Å². The van der Waals surface area contributed by atoms with Crippen molar-refractivity contribution in [3.05, 3.63) is 47.9 Å². The van der Waals surface area contributed by atoms with E-state index in [-0.39, 0.29) is 6.04 Å². The van der Waals surface area contributed by atoms with Gasteiger partial charge in [-0.1, -0.05) is 17.7 Å². The van der Waals surface area contributed by atoms with Gasteiger partial charge in [-0.25, -0.2) is 9.97 Å². The fraction of sp³-hybridized carbons (Fsp3) is 0.333. The van der Waals surface area contributed by atoms with Crippen LogP contribution in [0.1, 0.15) is 17.2 Å². The van der Waals surface area contributed by atoms with Crippen molar-refractivity contribution >= 4 is 28.6 Å². The summed E-state index contributed by atoms with van der Waals surface area (Å²) in [5.74, 6) is 1.01. The molecule has 7 nitrogen and oxygen atoms in total. The van der Waals surface area contributed by atoms with Gasteiger partial charge in [0.05, 0.1) is 17.7 Å². The maximum atomic E-state index is 10.6. The number of aliphatic hydroxyl groups excluding tert-OH is 2. The maximum Gasteiger partial charge on any atom is 0.151 e. The molecule has 1 saturated heterocycles. The SMILES string of the molecule is Cc1ccc(SC[C@H]2N[C@@H](c3c[nH]c4c(N)ncnc34)[C@H](O)[C@@H]2O)cc1. The molecular weight excluding hydrogens is 350 g/mol. The first kappa shape index (κ1) is 17.3. The molecule has 0 saturated carbocycles. The number of nitrogens with zero attached hydrogens (tertiary/aromatic N) is 2. The molecule has 2 aromatic heterocycles. The van der Waals surface area contributed by atoms with Gasteiger partial charge in [0.25, 0.3) is 0 Å². The summed E-state index contributed by atoms with van der Waals surface area (Å²) in [6, 6.07) is 7.61. The van der Waals surface area contributed by atoms with Crippen molar-refractivity contribution in [2.75, 3.05) is 11.5 Å². The minimum Gasteiger partial charge on any atom is -0.389 e. The predicted molar refractivity (Wildman–Crippen MR) is 102 cm³/mol. The van der Waals surface area contributed by atoms with Crippen LogP contribution in [0.3, 0.4) is 0 Å². The molecule has 0 radical (unpaired) electrons. The number of nitrogen functional groups attached to an aromatic ring is 1. The number of hydrogen-bond donors (Lipinski definition) is 5. The lowest BCUT2D eigenvalue weighted by Gasteiger charge is -2.15. The van der Waals surface area contributed by atoms with Gasteiger partial charge in [-0.3, -0.25) is 0 Å². The highest BCUT2D eigenvalue weighted by atomic mass is 32.2. The van der Waals surface area contributed by atoms with Crippen molar-refractivity contribution in [3.63, 3.8) is 0 Å². The summed E-state index contributed by atoms with van der Waals surface area (Å²) in [6.45, 7) is 2.05. The molecule has 3 heterocycles. The lowest BCUT2D eigenvalue weighted by molar-refractivity contribution is 0.0308. The Morgan fingerprint density at radius 1 is 1.15 bits per heavy atom. The number of aromatic nitrogens is 3. The number of aromatic amines is 1. The number of H-pyrrole nitrogens is 1. The molecule has 1 fully saturated rings. The number of nitrogens with one attached hydrogen (secondary N) is 2. The summed E-state index contributed by atoms with van der Waals surface area (Å²) >= 11 is 1.65. The van der Waals surface area contributed by atoms with Gasteiger partial charge in [0.2, 0.25) is 0 Å². The van der Waals surface area contributed by atoms with Gasteiger partial charge < -0.3 is 26.2 Å². The van der Waals surface area contributed by atoms with Crippen LogP contribution in [0.15, 0.2) is 41.7 Å². The molecule has 8 heteroatoms. The quantitative estimate of drug-likeness (QED) is 0.439. The molecule has 4 atom stereocenters. The molecule has 3 aromatic rings. The molecule has 26 heavy (non-hydrogen) atoms. The van der Waals surface area contributed by atoms with Crippen molar-refractivity contribution in [1.29, 1.82) is 0 Å². The molecule has 1 aliphatic heterocycles. The van der Waals surface area contributed by atoms with E-state index < -0.39 is 18.2 Å². The second-order valence-electron chi connectivity index (χ2n) is 6.58. The Balaban J connectivity index is 1.52. The Bertz CT molecular complexity index is 914. The lowest BCUT2D eigenvalue weighted by atomic mass is 10.0. The third kappa shape index (κ3) is 3.05. The number of aryl methyl sites for hydroxylation is 1. The molecule has 1 aromatic carbocycles. The van der Waals surface area contributed by atoms with E-state index in [1.807, 2.05) is 0 Å². The van der Waals surface area contributed by atoms with E-state index in [0.717, 1.165) is 10.5 Å². The van der Waals surface area contributed by atoms with Crippen LogP contribution in [-0.4, -0.2) is 49.2 Å². The fourth-order valence-electron chi connectivity index (χ4n) is 3.32. The van der Waals surface area contributed by atoms with E-state index in [4.69, 9.17) is 5.73 Å². The van der Waals surface area contributed by atoms with Crippen LogP contribution in [0, 0.1) is 6.92 Å². The lowest BCUT2D eigenvalue weighted by Crippen LogP contribution is -2.35.